The number of ether oxygens (including phenoxy) is 1. The van der Waals surface area contributed by atoms with Gasteiger partial charge in [-0.15, -0.1) is 0 Å². The second kappa shape index (κ2) is 2.79. The highest BCUT2D eigenvalue weighted by Gasteiger charge is 2.63. The molecule has 2 aliphatic rings. The van der Waals surface area contributed by atoms with Gasteiger partial charge in [0.05, 0.1) is 6.10 Å². The molecule has 0 radical (unpaired) electrons. The molecule has 1 heterocycles. The predicted molar refractivity (Wildman–Crippen MR) is 46.1 cm³/mol. The monoisotopic (exact) mass is 194 g/mol. The van der Waals surface area contributed by atoms with Gasteiger partial charge in [0.25, 0.3) is 0 Å². The van der Waals surface area contributed by atoms with Crippen LogP contribution in [-0.4, -0.2) is 17.0 Å². The predicted octanol–water partition coefficient (Wildman–Crippen LogP) is 2.75. The number of alkyl halides is 2. The highest BCUT2D eigenvalue weighted by molar-refractivity contribution is 6.51. The normalized spacial score (nSPS) is 42.0. The maximum absolute atomic E-state index is 6.00. The van der Waals surface area contributed by atoms with Crippen LogP contribution in [0, 0.1) is 5.92 Å². The topological polar surface area (TPSA) is 9.23 Å². The Hall–Kier alpha value is 0.540. The lowest BCUT2D eigenvalue weighted by atomic mass is 10.1. The fourth-order valence-corrected chi connectivity index (χ4v) is 2.53. The fraction of sp³-hybridized carbons (Fsp3) is 1.00. The summed E-state index contributed by atoms with van der Waals surface area (Å²) in [6, 6.07) is 0. The van der Waals surface area contributed by atoms with Gasteiger partial charge < -0.3 is 4.74 Å². The molecule has 2 rings (SSSR count). The van der Waals surface area contributed by atoms with E-state index < -0.39 is 4.33 Å². The van der Waals surface area contributed by atoms with Crippen LogP contribution >= 0.6 is 23.2 Å². The first kappa shape index (κ1) is 8.15. The van der Waals surface area contributed by atoms with Crippen molar-refractivity contribution in [2.24, 2.45) is 5.92 Å². The van der Waals surface area contributed by atoms with Crippen molar-refractivity contribution in [2.45, 2.75) is 36.1 Å². The molecule has 0 aromatic heterocycles. The first-order valence-corrected chi connectivity index (χ1v) is 4.98. The first-order chi connectivity index (χ1) is 5.23. The molecule has 2 fully saturated rings. The number of rotatable bonds is 0. The lowest BCUT2D eigenvalue weighted by Gasteiger charge is -2.06. The molecule has 1 saturated carbocycles. The van der Waals surface area contributed by atoms with E-state index in [1.54, 1.807) is 0 Å². The Kier molecular flexibility index (Phi) is 2.07. The summed E-state index contributed by atoms with van der Waals surface area (Å²) in [7, 11) is 0. The van der Waals surface area contributed by atoms with Crippen molar-refractivity contribution in [3.05, 3.63) is 0 Å². The summed E-state index contributed by atoms with van der Waals surface area (Å²) in [4.78, 5) is 0. The van der Waals surface area contributed by atoms with Crippen molar-refractivity contribution in [1.82, 2.24) is 0 Å². The second-order valence-electron chi connectivity index (χ2n) is 3.42. The minimum atomic E-state index is -0.551. The molecule has 0 amide bonds. The maximum atomic E-state index is 6.00. The lowest BCUT2D eigenvalue weighted by molar-refractivity contribution is 0.0955. The van der Waals surface area contributed by atoms with Crippen LogP contribution in [0.1, 0.15) is 25.7 Å². The van der Waals surface area contributed by atoms with Crippen LogP contribution in [0.3, 0.4) is 0 Å². The molecule has 3 heteroatoms. The second-order valence-corrected chi connectivity index (χ2v) is 4.87. The molecule has 0 spiro atoms. The van der Waals surface area contributed by atoms with Gasteiger partial charge in [-0.2, -0.15) is 0 Å². The summed E-state index contributed by atoms with van der Waals surface area (Å²) in [6.07, 6.45) is 4.94. The van der Waals surface area contributed by atoms with Crippen molar-refractivity contribution < 1.29 is 4.74 Å². The minimum absolute atomic E-state index is 0.131. The van der Waals surface area contributed by atoms with Crippen LogP contribution in [0.4, 0.5) is 0 Å². The molecule has 1 aliphatic carbocycles. The zero-order valence-corrected chi connectivity index (χ0v) is 7.87. The minimum Gasteiger partial charge on any atom is -0.375 e. The van der Waals surface area contributed by atoms with Crippen LogP contribution in [-0.2, 0) is 4.74 Å². The molecule has 1 nitrogen and oxygen atoms in total. The number of fused-ring (bicyclic) bond motifs is 1. The van der Waals surface area contributed by atoms with Crippen LogP contribution < -0.4 is 0 Å². The van der Waals surface area contributed by atoms with Crippen molar-refractivity contribution in [3.8, 4) is 0 Å². The van der Waals surface area contributed by atoms with E-state index in [2.05, 4.69) is 0 Å². The molecule has 0 aromatic carbocycles. The summed E-state index contributed by atoms with van der Waals surface area (Å²) in [5, 5.41) is 0. The molecule has 64 valence electrons. The smallest absolute Gasteiger partial charge is 0.149 e. The molecular formula is C8H12Cl2O. The molecule has 11 heavy (non-hydrogen) atoms. The molecule has 0 aromatic rings. The summed E-state index contributed by atoms with van der Waals surface area (Å²) < 4.78 is 4.96. The largest absolute Gasteiger partial charge is 0.375 e. The van der Waals surface area contributed by atoms with Gasteiger partial charge in [-0.25, -0.2) is 0 Å². The van der Waals surface area contributed by atoms with Gasteiger partial charge in [0.1, 0.15) is 4.33 Å². The van der Waals surface area contributed by atoms with Crippen LogP contribution in [0.25, 0.3) is 0 Å². The van der Waals surface area contributed by atoms with Gasteiger partial charge in [0.15, 0.2) is 0 Å². The highest BCUT2D eigenvalue weighted by atomic mass is 35.5. The van der Waals surface area contributed by atoms with E-state index in [4.69, 9.17) is 27.9 Å². The first-order valence-electron chi connectivity index (χ1n) is 4.22. The zero-order chi connectivity index (χ0) is 7.90. The van der Waals surface area contributed by atoms with Crippen LogP contribution in [0.5, 0.6) is 0 Å². The Morgan fingerprint density at radius 2 is 2.00 bits per heavy atom. The molecule has 2 atom stereocenters. The third kappa shape index (κ3) is 1.39. The van der Waals surface area contributed by atoms with E-state index in [1.807, 2.05) is 0 Å². The average Bonchev–Trinajstić information content (AvgIpc) is 2.29. The van der Waals surface area contributed by atoms with E-state index in [0.29, 0.717) is 5.92 Å². The fourth-order valence-electron chi connectivity index (χ4n) is 1.78. The zero-order valence-electron chi connectivity index (χ0n) is 6.35. The molecule has 1 aliphatic heterocycles. The summed E-state index contributed by atoms with van der Waals surface area (Å²) in [5.74, 6) is 0.408. The van der Waals surface area contributed by atoms with E-state index in [9.17, 15) is 0 Å². The van der Waals surface area contributed by atoms with E-state index >= 15 is 0 Å². The van der Waals surface area contributed by atoms with Crippen molar-refractivity contribution >= 4 is 23.2 Å². The molecule has 2 unspecified atom stereocenters. The van der Waals surface area contributed by atoms with Crippen molar-refractivity contribution in [3.63, 3.8) is 0 Å². The summed E-state index contributed by atoms with van der Waals surface area (Å²) >= 11 is 12.0. The van der Waals surface area contributed by atoms with Gasteiger partial charge in [0.2, 0.25) is 0 Å². The van der Waals surface area contributed by atoms with Gasteiger partial charge in [-0.3, -0.25) is 0 Å². The molecule has 1 saturated heterocycles. The molecule has 0 N–H and O–H groups in total. The summed E-state index contributed by atoms with van der Waals surface area (Å²) in [6.45, 7) is 0.836. The lowest BCUT2D eigenvalue weighted by Crippen LogP contribution is -2.04. The quantitative estimate of drug-likeness (QED) is 0.540. The standard InChI is InChI=1S/C8H12Cl2O/c9-8(10)6-4-2-1-3-5-11-7(6)8/h6-7H,1-5H2. The Bertz CT molecular complexity index is 142. The summed E-state index contributed by atoms with van der Waals surface area (Å²) in [5.41, 5.74) is 0. The highest BCUT2D eigenvalue weighted by Crippen LogP contribution is 2.58. The average molecular weight is 195 g/mol. The van der Waals surface area contributed by atoms with Gasteiger partial charge in [-0.05, 0) is 12.8 Å². The molecule has 0 bridgehead atoms. The van der Waals surface area contributed by atoms with Gasteiger partial charge in [0, 0.05) is 12.5 Å². The Balaban J connectivity index is 1.95. The Morgan fingerprint density at radius 3 is 2.82 bits per heavy atom. The van der Waals surface area contributed by atoms with Crippen molar-refractivity contribution in [1.29, 1.82) is 0 Å². The van der Waals surface area contributed by atoms with Gasteiger partial charge >= 0.3 is 0 Å². The van der Waals surface area contributed by atoms with Crippen LogP contribution in [0.15, 0.2) is 0 Å². The van der Waals surface area contributed by atoms with Crippen LogP contribution in [0.2, 0.25) is 0 Å². The Morgan fingerprint density at radius 1 is 1.18 bits per heavy atom. The van der Waals surface area contributed by atoms with Gasteiger partial charge in [-0.1, -0.05) is 36.0 Å². The Labute approximate surface area is 77.0 Å². The van der Waals surface area contributed by atoms with E-state index in [-0.39, 0.29) is 6.10 Å². The number of hydrogen-bond acceptors (Lipinski definition) is 1. The van der Waals surface area contributed by atoms with Crippen molar-refractivity contribution in [2.75, 3.05) is 6.61 Å². The third-order valence-electron chi connectivity index (χ3n) is 2.59. The number of hydrogen-bond donors (Lipinski definition) is 0. The van der Waals surface area contributed by atoms with E-state index in [1.165, 1.54) is 12.8 Å². The number of halogens is 2. The SMILES string of the molecule is ClC1(Cl)C2CCCCCOC21. The van der Waals surface area contributed by atoms with E-state index in [0.717, 1.165) is 19.4 Å². The maximum Gasteiger partial charge on any atom is 0.149 e. The third-order valence-corrected chi connectivity index (χ3v) is 3.58. The molecular weight excluding hydrogens is 183 g/mol.